The molecule has 4 nitrogen and oxygen atoms in total. The second-order valence-electron chi connectivity index (χ2n) is 8.07. The minimum absolute atomic E-state index is 0.142. The number of ether oxygens (including phenoxy) is 2. The Kier molecular flexibility index (Phi) is 6.52. The fourth-order valence-electron chi connectivity index (χ4n) is 3.59. The van der Waals surface area contributed by atoms with Crippen LogP contribution in [0.5, 0.6) is 0 Å². The molecule has 0 N–H and O–H groups in total. The number of carbonyl (C=O) groups excluding carboxylic acids is 2. The SMILES string of the molecule is COC(=O)C1=C(C(=O)OC)C(=C(c2ccccc2)c2ccccc2)C(C(C)(C)C)S1. The molecule has 0 aliphatic carbocycles. The number of esters is 2. The third-order valence-electron chi connectivity index (χ3n) is 4.94. The Bertz CT molecular complexity index is 957. The zero-order valence-electron chi connectivity index (χ0n) is 17.9. The lowest BCUT2D eigenvalue weighted by Gasteiger charge is -2.30. The molecule has 0 amide bonds. The first-order chi connectivity index (χ1) is 14.3. The molecule has 1 aliphatic heterocycles. The van der Waals surface area contributed by atoms with Crippen LogP contribution in [0.3, 0.4) is 0 Å². The van der Waals surface area contributed by atoms with Gasteiger partial charge in [0.25, 0.3) is 0 Å². The van der Waals surface area contributed by atoms with Crippen molar-refractivity contribution >= 4 is 29.3 Å². The van der Waals surface area contributed by atoms with Crippen molar-refractivity contribution in [3.63, 3.8) is 0 Å². The van der Waals surface area contributed by atoms with Crippen LogP contribution in [0, 0.1) is 5.41 Å². The summed E-state index contributed by atoms with van der Waals surface area (Å²) < 4.78 is 10.1. The van der Waals surface area contributed by atoms with Crippen LogP contribution in [-0.4, -0.2) is 31.4 Å². The highest BCUT2D eigenvalue weighted by atomic mass is 32.2. The molecular weight excluding hydrogens is 396 g/mol. The van der Waals surface area contributed by atoms with E-state index in [-0.39, 0.29) is 16.2 Å². The van der Waals surface area contributed by atoms with Crippen molar-refractivity contribution in [2.45, 2.75) is 26.0 Å². The van der Waals surface area contributed by atoms with Gasteiger partial charge in [-0.05, 0) is 27.7 Å². The van der Waals surface area contributed by atoms with Crippen LogP contribution in [0.25, 0.3) is 5.57 Å². The number of carbonyl (C=O) groups is 2. The quantitative estimate of drug-likeness (QED) is 0.630. The summed E-state index contributed by atoms with van der Waals surface area (Å²) in [6.07, 6.45) is 0. The number of methoxy groups -OCH3 is 2. The Balaban J connectivity index is 2.45. The first-order valence-corrected chi connectivity index (χ1v) is 10.6. The predicted molar refractivity (Wildman–Crippen MR) is 121 cm³/mol. The maximum atomic E-state index is 13.0. The molecule has 1 unspecified atom stereocenters. The lowest BCUT2D eigenvalue weighted by atomic mass is 9.79. The fourth-order valence-corrected chi connectivity index (χ4v) is 5.02. The standard InChI is InChI=1S/C25H26O4S/c1-25(2,3)22-19(20(23(26)28-4)21(30-22)24(27)29-5)18(16-12-8-6-9-13-16)17-14-10-7-11-15-17/h6-15,22H,1-5H3. The van der Waals surface area contributed by atoms with Gasteiger partial charge in [-0.25, -0.2) is 9.59 Å². The Morgan fingerprint density at radius 1 is 0.800 bits per heavy atom. The van der Waals surface area contributed by atoms with Crippen LogP contribution in [0.4, 0.5) is 0 Å². The molecule has 1 heterocycles. The fraction of sp³-hybridized carbons (Fsp3) is 0.280. The van der Waals surface area contributed by atoms with E-state index < -0.39 is 11.9 Å². The summed E-state index contributed by atoms with van der Waals surface area (Å²) in [5.41, 5.74) is 3.73. The summed E-state index contributed by atoms with van der Waals surface area (Å²) in [4.78, 5) is 25.9. The highest BCUT2D eigenvalue weighted by molar-refractivity contribution is 8.05. The number of thioether (sulfide) groups is 1. The Morgan fingerprint density at radius 2 is 1.27 bits per heavy atom. The summed E-state index contributed by atoms with van der Waals surface area (Å²) in [5, 5.41) is -0.142. The zero-order valence-corrected chi connectivity index (χ0v) is 18.7. The van der Waals surface area contributed by atoms with Crippen LogP contribution in [0.2, 0.25) is 0 Å². The second kappa shape index (κ2) is 8.92. The lowest BCUT2D eigenvalue weighted by Crippen LogP contribution is -2.26. The van der Waals surface area contributed by atoms with E-state index in [1.54, 1.807) is 0 Å². The molecule has 0 spiro atoms. The molecular formula is C25H26O4S. The molecule has 2 aromatic carbocycles. The average molecular weight is 423 g/mol. The van der Waals surface area contributed by atoms with Gasteiger partial charge < -0.3 is 9.47 Å². The summed E-state index contributed by atoms with van der Waals surface area (Å²) in [6, 6.07) is 19.9. The van der Waals surface area contributed by atoms with E-state index in [4.69, 9.17) is 9.47 Å². The predicted octanol–water partition coefficient (Wildman–Crippen LogP) is 5.25. The monoisotopic (exact) mass is 422 g/mol. The molecule has 0 aromatic heterocycles. The Hall–Kier alpha value is -2.79. The maximum Gasteiger partial charge on any atom is 0.345 e. The second-order valence-corrected chi connectivity index (χ2v) is 9.19. The lowest BCUT2D eigenvalue weighted by molar-refractivity contribution is -0.138. The summed E-state index contributed by atoms with van der Waals surface area (Å²) in [5.74, 6) is -1.06. The average Bonchev–Trinajstić information content (AvgIpc) is 3.15. The van der Waals surface area contributed by atoms with Crippen LogP contribution in [0.1, 0.15) is 31.9 Å². The van der Waals surface area contributed by atoms with Gasteiger partial charge in [-0.1, -0.05) is 81.4 Å². The first kappa shape index (κ1) is 21.9. The van der Waals surface area contributed by atoms with Gasteiger partial charge in [-0.15, -0.1) is 11.8 Å². The van der Waals surface area contributed by atoms with Crippen molar-refractivity contribution < 1.29 is 19.1 Å². The van der Waals surface area contributed by atoms with Gasteiger partial charge in [0.1, 0.15) is 4.91 Å². The molecule has 156 valence electrons. The van der Waals surface area contributed by atoms with E-state index in [1.165, 1.54) is 26.0 Å². The first-order valence-electron chi connectivity index (χ1n) is 9.72. The van der Waals surface area contributed by atoms with Gasteiger partial charge in [0.2, 0.25) is 0 Å². The third kappa shape index (κ3) is 4.21. The van der Waals surface area contributed by atoms with E-state index in [0.29, 0.717) is 4.91 Å². The van der Waals surface area contributed by atoms with Crippen molar-refractivity contribution in [3.8, 4) is 0 Å². The summed E-state index contributed by atoms with van der Waals surface area (Å²) >= 11 is 1.37. The maximum absolute atomic E-state index is 13.0. The van der Waals surface area contributed by atoms with E-state index in [0.717, 1.165) is 22.3 Å². The highest BCUT2D eigenvalue weighted by Crippen LogP contribution is 2.53. The van der Waals surface area contributed by atoms with Crippen LogP contribution >= 0.6 is 11.8 Å². The van der Waals surface area contributed by atoms with E-state index >= 15 is 0 Å². The Morgan fingerprint density at radius 3 is 1.67 bits per heavy atom. The van der Waals surface area contributed by atoms with Gasteiger partial charge in [0.05, 0.1) is 19.8 Å². The van der Waals surface area contributed by atoms with Crippen LogP contribution in [0.15, 0.2) is 76.7 Å². The van der Waals surface area contributed by atoms with Gasteiger partial charge in [-0.2, -0.15) is 0 Å². The van der Waals surface area contributed by atoms with Crippen molar-refractivity contribution in [2.75, 3.05) is 14.2 Å². The molecule has 1 aliphatic rings. The molecule has 0 bridgehead atoms. The van der Waals surface area contributed by atoms with Crippen molar-refractivity contribution in [1.82, 2.24) is 0 Å². The van der Waals surface area contributed by atoms with Crippen molar-refractivity contribution in [1.29, 1.82) is 0 Å². The van der Waals surface area contributed by atoms with E-state index in [9.17, 15) is 9.59 Å². The van der Waals surface area contributed by atoms with Gasteiger partial charge in [0.15, 0.2) is 0 Å². The van der Waals surface area contributed by atoms with E-state index in [1.807, 2.05) is 60.7 Å². The smallest absolute Gasteiger partial charge is 0.345 e. The summed E-state index contributed by atoms with van der Waals surface area (Å²) in [6.45, 7) is 6.31. The Labute approximate surface area is 182 Å². The molecule has 1 atom stereocenters. The molecule has 5 heteroatoms. The molecule has 0 fully saturated rings. The zero-order chi connectivity index (χ0) is 21.9. The molecule has 2 aromatic rings. The number of hydrogen-bond donors (Lipinski definition) is 0. The topological polar surface area (TPSA) is 52.6 Å². The van der Waals surface area contributed by atoms with Crippen LogP contribution < -0.4 is 0 Å². The van der Waals surface area contributed by atoms with Gasteiger partial charge in [0, 0.05) is 5.25 Å². The molecule has 30 heavy (non-hydrogen) atoms. The van der Waals surface area contributed by atoms with Gasteiger partial charge >= 0.3 is 11.9 Å². The van der Waals surface area contributed by atoms with Gasteiger partial charge in [-0.3, -0.25) is 0 Å². The number of benzene rings is 2. The minimum Gasteiger partial charge on any atom is -0.465 e. The molecule has 0 saturated carbocycles. The number of hydrogen-bond acceptors (Lipinski definition) is 5. The van der Waals surface area contributed by atoms with Crippen molar-refractivity contribution in [2.24, 2.45) is 5.41 Å². The third-order valence-corrected chi connectivity index (χ3v) is 6.72. The largest absolute Gasteiger partial charge is 0.465 e. The minimum atomic E-state index is -0.533. The van der Waals surface area contributed by atoms with Crippen LogP contribution in [-0.2, 0) is 19.1 Å². The summed E-state index contributed by atoms with van der Waals surface area (Å²) in [7, 11) is 2.66. The normalized spacial score (nSPS) is 16.4. The van der Waals surface area contributed by atoms with Crippen molar-refractivity contribution in [3.05, 3.63) is 87.8 Å². The molecule has 0 radical (unpaired) electrons. The number of rotatable bonds is 4. The molecule has 0 saturated heterocycles. The highest BCUT2D eigenvalue weighted by Gasteiger charge is 2.45. The molecule has 3 rings (SSSR count). The van der Waals surface area contributed by atoms with E-state index in [2.05, 4.69) is 20.8 Å².